The van der Waals surface area contributed by atoms with Crippen molar-refractivity contribution in [3.8, 4) is 0 Å². The minimum atomic E-state index is -0.0148. The number of nitrogens with one attached hydrogen (secondary N) is 1. The maximum atomic E-state index is 13.3. The first-order valence-electron chi connectivity index (χ1n) is 10.9. The molecule has 3 aliphatic rings. The van der Waals surface area contributed by atoms with E-state index in [4.69, 9.17) is 9.47 Å². The van der Waals surface area contributed by atoms with Crippen LogP contribution >= 0.6 is 0 Å². The van der Waals surface area contributed by atoms with Crippen molar-refractivity contribution in [3.05, 3.63) is 0 Å². The Morgan fingerprint density at radius 2 is 1.81 bits per heavy atom. The zero-order valence-corrected chi connectivity index (χ0v) is 16.8. The quantitative estimate of drug-likeness (QED) is 0.785. The molecule has 0 aromatic rings. The molecule has 5 nitrogen and oxygen atoms in total. The first-order valence-corrected chi connectivity index (χ1v) is 10.9. The molecule has 2 saturated heterocycles. The van der Waals surface area contributed by atoms with Gasteiger partial charge in [0.15, 0.2) is 0 Å². The molecule has 0 aromatic heterocycles. The Balaban J connectivity index is 1.64. The molecule has 1 amide bonds. The average molecular weight is 367 g/mol. The molecule has 5 heteroatoms. The highest BCUT2D eigenvalue weighted by molar-refractivity contribution is 5.82. The van der Waals surface area contributed by atoms with Crippen molar-refractivity contribution in [1.29, 1.82) is 0 Å². The van der Waals surface area contributed by atoms with Gasteiger partial charge < -0.3 is 14.8 Å². The van der Waals surface area contributed by atoms with Gasteiger partial charge in [0, 0.05) is 25.7 Å². The van der Waals surface area contributed by atoms with Crippen LogP contribution in [0.3, 0.4) is 0 Å². The lowest BCUT2D eigenvalue weighted by atomic mass is 9.78. The van der Waals surface area contributed by atoms with Crippen LogP contribution in [-0.2, 0) is 14.3 Å². The van der Waals surface area contributed by atoms with E-state index < -0.39 is 0 Å². The number of rotatable bonds is 6. The number of carbonyl (C=O) groups is 1. The van der Waals surface area contributed by atoms with Crippen LogP contribution in [0, 0.1) is 5.92 Å². The average Bonchev–Trinajstić information content (AvgIpc) is 2.67. The Bertz CT molecular complexity index is 435. The van der Waals surface area contributed by atoms with Gasteiger partial charge in [-0.1, -0.05) is 46.0 Å². The van der Waals surface area contributed by atoms with Gasteiger partial charge >= 0.3 is 0 Å². The minimum Gasteiger partial charge on any atom is -0.379 e. The third-order valence-corrected chi connectivity index (χ3v) is 6.81. The first kappa shape index (κ1) is 20.1. The van der Waals surface area contributed by atoms with E-state index in [-0.39, 0.29) is 23.6 Å². The number of hydrogen-bond acceptors (Lipinski definition) is 4. The van der Waals surface area contributed by atoms with Crippen LogP contribution in [-0.4, -0.2) is 61.4 Å². The molecule has 1 spiro atoms. The van der Waals surface area contributed by atoms with Crippen molar-refractivity contribution in [3.63, 3.8) is 0 Å². The van der Waals surface area contributed by atoms with Crippen molar-refractivity contribution in [1.82, 2.24) is 10.2 Å². The van der Waals surface area contributed by atoms with Crippen LogP contribution in [0.4, 0.5) is 0 Å². The highest BCUT2D eigenvalue weighted by Crippen LogP contribution is 2.38. The van der Waals surface area contributed by atoms with Crippen LogP contribution in [0.1, 0.15) is 71.6 Å². The number of ether oxygens (including phenoxy) is 2. The van der Waals surface area contributed by atoms with Gasteiger partial charge in [-0.15, -0.1) is 0 Å². The number of hydrogen-bond donors (Lipinski definition) is 1. The molecule has 1 saturated carbocycles. The fourth-order valence-corrected chi connectivity index (χ4v) is 5.25. The van der Waals surface area contributed by atoms with Crippen molar-refractivity contribution >= 4 is 5.91 Å². The summed E-state index contributed by atoms with van der Waals surface area (Å²) in [7, 11) is 0. The maximum Gasteiger partial charge on any atom is 0.237 e. The second kappa shape index (κ2) is 9.52. The molecule has 2 unspecified atom stereocenters. The molecular formula is C21H38N2O3. The third kappa shape index (κ3) is 4.79. The molecule has 1 aliphatic carbocycles. The zero-order valence-electron chi connectivity index (χ0n) is 16.8. The van der Waals surface area contributed by atoms with Gasteiger partial charge in [-0.25, -0.2) is 0 Å². The maximum absolute atomic E-state index is 13.3. The van der Waals surface area contributed by atoms with Crippen LogP contribution in [0.15, 0.2) is 0 Å². The van der Waals surface area contributed by atoms with Gasteiger partial charge in [-0.3, -0.25) is 9.69 Å². The Hall–Kier alpha value is -0.650. The monoisotopic (exact) mass is 366 g/mol. The van der Waals surface area contributed by atoms with E-state index in [1.165, 1.54) is 32.1 Å². The predicted octanol–water partition coefficient (Wildman–Crippen LogP) is 3.12. The molecule has 26 heavy (non-hydrogen) atoms. The van der Waals surface area contributed by atoms with E-state index in [2.05, 4.69) is 24.1 Å². The molecule has 150 valence electrons. The SMILES string of the molecule is CCC(CC)C(C(=O)NC1CCOC2(CCCCC2)C1)N1CCOCC1. The second-order valence-electron chi connectivity index (χ2n) is 8.46. The third-order valence-electron chi connectivity index (χ3n) is 6.81. The van der Waals surface area contributed by atoms with E-state index in [1.54, 1.807) is 0 Å². The summed E-state index contributed by atoms with van der Waals surface area (Å²) in [5, 5.41) is 3.44. The molecule has 3 fully saturated rings. The smallest absolute Gasteiger partial charge is 0.237 e. The Morgan fingerprint density at radius 1 is 1.12 bits per heavy atom. The second-order valence-corrected chi connectivity index (χ2v) is 8.46. The lowest BCUT2D eigenvalue weighted by molar-refractivity contribution is -0.136. The van der Waals surface area contributed by atoms with E-state index >= 15 is 0 Å². The normalized spacial score (nSPS) is 28.2. The van der Waals surface area contributed by atoms with Gasteiger partial charge in [0.2, 0.25) is 5.91 Å². The molecule has 1 N–H and O–H groups in total. The van der Waals surface area contributed by atoms with Gasteiger partial charge in [0.25, 0.3) is 0 Å². The standard InChI is InChI=1S/C21H38N2O3/c1-3-17(4-2)19(23-11-14-25-15-12-23)20(24)22-18-8-13-26-21(16-18)9-6-5-7-10-21/h17-19H,3-16H2,1-2H3,(H,22,24). The van der Waals surface area contributed by atoms with E-state index in [9.17, 15) is 4.79 Å². The first-order chi connectivity index (χ1) is 12.7. The summed E-state index contributed by atoms with van der Waals surface area (Å²) in [6.07, 6.45) is 10.2. The summed E-state index contributed by atoms with van der Waals surface area (Å²) in [6, 6.07) is 0.256. The number of nitrogens with zero attached hydrogens (tertiary/aromatic N) is 1. The highest BCUT2D eigenvalue weighted by Gasteiger charge is 2.40. The largest absolute Gasteiger partial charge is 0.379 e. The van der Waals surface area contributed by atoms with Crippen LogP contribution in [0.2, 0.25) is 0 Å². The van der Waals surface area contributed by atoms with E-state index in [0.717, 1.165) is 58.6 Å². The molecule has 2 atom stereocenters. The molecule has 0 aromatic carbocycles. The van der Waals surface area contributed by atoms with Crippen LogP contribution in [0.5, 0.6) is 0 Å². The molecule has 2 aliphatic heterocycles. The zero-order chi connectivity index (χ0) is 18.4. The van der Waals surface area contributed by atoms with Gasteiger partial charge in [-0.2, -0.15) is 0 Å². The molecule has 2 heterocycles. The van der Waals surface area contributed by atoms with Gasteiger partial charge in [0.05, 0.1) is 24.9 Å². The fourth-order valence-electron chi connectivity index (χ4n) is 5.25. The molecular weight excluding hydrogens is 328 g/mol. The fraction of sp³-hybridized carbons (Fsp3) is 0.952. The molecule has 0 radical (unpaired) electrons. The number of morpholine rings is 1. The topological polar surface area (TPSA) is 50.8 Å². The number of carbonyl (C=O) groups excluding carboxylic acids is 1. The lowest BCUT2D eigenvalue weighted by Gasteiger charge is -2.44. The summed E-state index contributed by atoms with van der Waals surface area (Å²) >= 11 is 0. The molecule has 3 rings (SSSR count). The summed E-state index contributed by atoms with van der Waals surface area (Å²) in [5.74, 6) is 0.648. The summed E-state index contributed by atoms with van der Waals surface area (Å²) < 4.78 is 11.7. The van der Waals surface area contributed by atoms with Crippen molar-refractivity contribution in [2.24, 2.45) is 5.92 Å². The summed E-state index contributed by atoms with van der Waals surface area (Å²) in [4.78, 5) is 15.7. The summed E-state index contributed by atoms with van der Waals surface area (Å²) in [5.41, 5.74) is 0.0395. The lowest BCUT2D eigenvalue weighted by Crippen LogP contribution is -2.57. The summed E-state index contributed by atoms with van der Waals surface area (Å²) in [6.45, 7) is 8.42. The van der Waals surface area contributed by atoms with Crippen LogP contribution in [0.25, 0.3) is 0 Å². The van der Waals surface area contributed by atoms with Gasteiger partial charge in [0.1, 0.15) is 0 Å². The van der Waals surface area contributed by atoms with E-state index in [1.807, 2.05) is 0 Å². The van der Waals surface area contributed by atoms with Crippen molar-refractivity contribution in [2.75, 3.05) is 32.9 Å². The highest BCUT2D eigenvalue weighted by atomic mass is 16.5. The minimum absolute atomic E-state index is 0.0148. The Labute approximate surface area is 159 Å². The molecule has 0 bridgehead atoms. The predicted molar refractivity (Wildman–Crippen MR) is 103 cm³/mol. The van der Waals surface area contributed by atoms with E-state index in [0.29, 0.717) is 5.92 Å². The Kier molecular flexibility index (Phi) is 7.35. The van der Waals surface area contributed by atoms with Crippen molar-refractivity contribution < 1.29 is 14.3 Å². The Morgan fingerprint density at radius 3 is 2.46 bits per heavy atom. The van der Waals surface area contributed by atoms with Crippen molar-refractivity contribution in [2.45, 2.75) is 89.3 Å². The van der Waals surface area contributed by atoms with Crippen LogP contribution < -0.4 is 5.32 Å². The van der Waals surface area contributed by atoms with Gasteiger partial charge in [-0.05, 0) is 31.6 Å². The number of amides is 1.